The second kappa shape index (κ2) is 6.32. The molecule has 0 spiro atoms. The average molecular weight is 389 g/mol. The number of hydrogen-bond donors (Lipinski definition) is 1. The minimum absolute atomic E-state index is 0.0954. The molecule has 128 valence electrons. The molecule has 1 N–H and O–H groups in total. The molecule has 1 amide bonds. The van der Waals surface area contributed by atoms with Crippen LogP contribution in [0, 0.1) is 0 Å². The average Bonchev–Trinajstić information content (AvgIpc) is 2.97. The highest BCUT2D eigenvalue weighted by molar-refractivity contribution is 7.91. The summed E-state index contributed by atoms with van der Waals surface area (Å²) in [6, 6.07) is 5.60. The molecule has 1 fully saturated rings. The number of nitrogens with one attached hydrogen (secondary N) is 1. The van der Waals surface area contributed by atoms with Crippen molar-refractivity contribution in [3.63, 3.8) is 0 Å². The van der Waals surface area contributed by atoms with Crippen LogP contribution in [0.3, 0.4) is 0 Å². The van der Waals surface area contributed by atoms with Gasteiger partial charge >= 0.3 is 5.97 Å². The molecule has 1 aliphatic rings. The van der Waals surface area contributed by atoms with Crippen molar-refractivity contribution in [1.82, 2.24) is 9.62 Å². The number of benzene rings is 1. The number of methoxy groups -OCH3 is 1. The zero-order valence-electron chi connectivity index (χ0n) is 12.5. The third-order valence-electron chi connectivity index (χ3n) is 3.58. The Bertz CT molecular complexity index is 924. The lowest BCUT2D eigenvalue weighted by Gasteiger charge is -2.30. The highest BCUT2D eigenvalue weighted by atomic mass is 35.5. The minimum Gasteiger partial charge on any atom is -0.467 e. The Morgan fingerprint density at radius 1 is 1.42 bits per heavy atom. The molecule has 1 atom stereocenters. The predicted octanol–water partition coefficient (Wildman–Crippen LogP) is 1.22. The first kappa shape index (κ1) is 17.2. The lowest BCUT2D eigenvalue weighted by atomic mass is 10.2. The van der Waals surface area contributed by atoms with Crippen LogP contribution in [0.1, 0.15) is 0 Å². The van der Waals surface area contributed by atoms with Crippen LogP contribution in [-0.4, -0.2) is 50.8 Å². The third kappa shape index (κ3) is 3.12. The van der Waals surface area contributed by atoms with E-state index in [0.717, 1.165) is 25.7 Å². The van der Waals surface area contributed by atoms with Crippen molar-refractivity contribution >= 4 is 54.9 Å². The van der Waals surface area contributed by atoms with E-state index >= 15 is 0 Å². The van der Waals surface area contributed by atoms with Gasteiger partial charge in [0.25, 0.3) is 10.0 Å². The van der Waals surface area contributed by atoms with Crippen LogP contribution in [0.2, 0.25) is 5.02 Å². The van der Waals surface area contributed by atoms with Crippen LogP contribution in [-0.2, 0) is 24.3 Å². The summed E-state index contributed by atoms with van der Waals surface area (Å²) in [7, 11) is -2.73. The van der Waals surface area contributed by atoms with Gasteiger partial charge in [-0.3, -0.25) is 4.79 Å². The van der Waals surface area contributed by atoms with E-state index in [1.54, 1.807) is 18.2 Å². The van der Waals surface area contributed by atoms with Gasteiger partial charge in [-0.05, 0) is 23.6 Å². The van der Waals surface area contributed by atoms with Crippen LogP contribution in [0.15, 0.2) is 28.5 Å². The van der Waals surface area contributed by atoms with Crippen molar-refractivity contribution in [2.24, 2.45) is 0 Å². The topological polar surface area (TPSA) is 92.8 Å². The Balaban J connectivity index is 1.95. The number of carbonyl (C=O) groups excluding carboxylic acids is 2. The maximum atomic E-state index is 12.8. The third-order valence-corrected chi connectivity index (χ3v) is 7.17. The van der Waals surface area contributed by atoms with Gasteiger partial charge in [-0.1, -0.05) is 17.7 Å². The van der Waals surface area contributed by atoms with E-state index in [0.29, 0.717) is 5.02 Å². The van der Waals surface area contributed by atoms with Crippen molar-refractivity contribution in [2.75, 3.05) is 20.2 Å². The first-order chi connectivity index (χ1) is 11.3. The number of thiophene rings is 1. The molecule has 0 radical (unpaired) electrons. The number of sulfonamides is 1. The molecule has 1 aromatic heterocycles. The summed E-state index contributed by atoms with van der Waals surface area (Å²) in [6.07, 6.45) is 0. The number of amides is 1. The van der Waals surface area contributed by atoms with Crippen molar-refractivity contribution in [3.05, 3.63) is 29.3 Å². The van der Waals surface area contributed by atoms with E-state index in [1.807, 2.05) is 0 Å². The number of hydrogen-bond acceptors (Lipinski definition) is 6. The number of rotatable bonds is 3. The van der Waals surface area contributed by atoms with Crippen LogP contribution in [0.5, 0.6) is 0 Å². The molecular weight excluding hydrogens is 376 g/mol. The van der Waals surface area contributed by atoms with Crippen LogP contribution >= 0.6 is 22.9 Å². The highest BCUT2D eigenvalue weighted by Crippen LogP contribution is 2.33. The van der Waals surface area contributed by atoms with Gasteiger partial charge in [0.15, 0.2) is 0 Å². The van der Waals surface area contributed by atoms with E-state index < -0.39 is 27.9 Å². The maximum Gasteiger partial charge on any atom is 0.329 e. The molecule has 0 saturated carbocycles. The zero-order valence-corrected chi connectivity index (χ0v) is 14.9. The fourth-order valence-electron chi connectivity index (χ4n) is 2.41. The van der Waals surface area contributed by atoms with Gasteiger partial charge in [-0.15, -0.1) is 11.3 Å². The van der Waals surface area contributed by atoms with Crippen LogP contribution < -0.4 is 5.32 Å². The molecule has 0 unspecified atom stereocenters. The van der Waals surface area contributed by atoms with Gasteiger partial charge in [0.1, 0.15) is 10.3 Å². The first-order valence-corrected chi connectivity index (χ1v) is 9.51. The van der Waals surface area contributed by atoms with Crippen LogP contribution in [0.4, 0.5) is 0 Å². The van der Waals surface area contributed by atoms with E-state index in [9.17, 15) is 18.0 Å². The number of carbonyl (C=O) groups is 2. The van der Waals surface area contributed by atoms with Gasteiger partial charge in [0.2, 0.25) is 5.91 Å². The maximum absolute atomic E-state index is 12.8. The zero-order chi connectivity index (χ0) is 17.5. The summed E-state index contributed by atoms with van der Waals surface area (Å²) < 4.78 is 32.0. The van der Waals surface area contributed by atoms with E-state index in [1.165, 1.54) is 13.2 Å². The van der Waals surface area contributed by atoms with Crippen LogP contribution in [0.25, 0.3) is 10.1 Å². The lowest BCUT2D eigenvalue weighted by Crippen LogP contribution is -2.58. The van der Waals surface area contributed by atoms with Gasteiger partial charge in [0, 0.05) is 16.3 Å². The molecule has 24 heavy (non-hydrogen) atoms. The minimum atomic E-state index is -3.90. The molecule has 0 aliphatic carbocycles. The smallest absolute Gasteiger partial charge is 0.329 e. The highest BCUT2D eigenvalue weighted by Gasteiger charge is 2.37. The predicted molar refractivity (Wildman–Crippen MR) is 89.5 cm³/mol. The Kier molecular flexibility index (Phi) is 4.52. The summed E-state index contributed by atoms with van der Waals surface area (Å²) in [5.74, 6) is -1.24. The number of piperazine rings is 1. The number of halogens is 1. The molecule has 2 aromatic rings. The Hall–Kier alpha value is -1.68. The standard InChI is InChI=1S/C14H13ClN2O5S2/c1-22-14(19)10-6-17(7-12(18)16-10)24(20,21)13-4-8-2-3-9(15)5-11(8)23-13/h2-5,10H,6-7H2,1H3,(H,16,18)/t10-/m1/s1. The molecule has 3 rings (SSSR count). The van der Waals surface area contributed by atoms with E-state index in [2.05, 4.69) is 10.1 Å². The molecule has 7 nitrogen and oxygen atoms in total. The quantitative estimate of drug-likeness (QED) is 0.798. The molecule has 10 heteroatoms. The van der Waals surface area contributed by atoms with Crippen molar-refractivity contribution in [3.8, 4) is 0 Å². The number of nitrogens with zero attached hydrogens (tertiary/aromatic N) is 1. The second-order valence-electron chi connectivity index (χ2n) is 5.19. The summed E-state index contributed by atoms with van der Waals surface area (Å²) in [6.45, 7) is -0.513. The van der Waals surface area contributed by atoms with Crippen molar-refractivity contribution < 1.29 is 22.7 Å². The summed E-state index contributed by atoms with van der Waals surface area (Å²) in [5, 5.41) is 3.68. The van der Waals surface area contributed by atoms with Gasteiger partial charge in [-0.25, -0.2) is 13.2 Å². The SMILES string of the molecule is COC(=O)[C@H]1CN(S(=O)(=O)c2cc3ccc(Cl)cc3s2)CC(=O)N1. The Labute approximate surface area is 147 Å². The lowest BCUT2D eigenvalue weighted by molar-refractivity contribution is -0.146. The second-order valence-corrected chi connectivity index (χ2v) is 8.87. The molecule has 1 aliphatic heterocycles. The monoisotopic (exact) mass is 388 g/mol. The number of ether oxygens (including phenoxy) is 1. The molecule has 1 aromatic carbocycles. The number of fused-ring (bicyclic) bond motifs is 1. The van der Waals surface area contributed by atoms with Crippen molar-refractivity contribution in [2.45, 2.75) is 10.3 Å². The Morgan fingerprint density at radius 3 is 2.88 bits per heavy atom. The fourth-order valence-corrected chi connectivity index (χ4v) is 5.65. The summed E-state index contributed by atoms with van der Waals surface area (Å²) >= 11 is 6.99. The molecular formula is C14H13ClN2O5S2. The summed E-state index contributed by atoms with van der Waals surface area (Å²) in [5.41, 5.74) is 0. The molecule has 2 heterocycles. The molecule has 1 saturated heterocycles. The molecule has 0 bridgehead atoms. The fraction of sp³-hybridized carbons (Fsp3) is 0.286. The van der Waals surface area contributed by atoms with Gasteiger partial charge < -0.3 is 10.1 Å². The van der Waals surface area contributed by atoms with Crippen molar-refractivity contribution in [1.29, 1.82) is 0 Å². The van der Waals surface area contributed by atoms with Gasteiger partial charge in [0.05, 0.1) is 13.7 Å². The first-order valence-electron chi connectivity index (χ1n) is 6.87. The number of esters is 1. The van der Waals surface area contributed by atoms with Gasteiger partial charge in [-0.2, -0.15) is 4.31 Å². The normalized spacial score (nSPS) is 19.2. The summed E-state index contributed by atoms with van der Waals surface area (Å²) in [4.78, 5) is 23.4. The van der Waals surface area contributed by atoms with E-state index in [4.69, 9.17) is 11.6 Å². The van der Waals surface area contributed by atoms with E-state index in [-0.39, 0.29) is 17.3 Å². The Morgan fingerprint density at radius 2 is 2.17 bits per heavy atom. The largest absolute Gasteiger partial charge is 0.467 e.